The van der Waals surface area contributed by atoms with Crippen molar-refractivity contribution in [3.05, 3.63) is 47.2 Å². The molecular weight excluding hydrogens is 346 g/mol. The summed E-state index contributed by atoms with van der Waals surface area (Å²) in [6.45, 7) is 2.11. The van der Waals surface area contributed by atoms with E-state index in [4.69, 9.17) is 17.3 Å². The Hall–Kier alpha value is -1.86. The fraction of sp³-hybridized carbons (Fsp3) is 0.375. The number of thioether (sulfide) groups is 1. The number of rotatable bonds is 3. The molecule has 1 aliphatic heterocycles. The molecule has 8 heteroatoms. The Morgan fingerprint density at radius 3 is 3.00 bits per heavy atom. The molecule has 0 fully saturated rings. The molecule has 0 saturated carbocycles. The van der Waals surface area contributed by atoms with Gasteiger partial charge in [-0.2, -0.15) is 0 Å². The number of hydrogen-bond donors (Lipinski definition) is 2. The van der Waals surface area contributed by atoms with Crippen molar-refractivity contribution in [1.82, 2.24) is 15.3 Å². The van der Waals surface area contributed by atoms with Crippen molar-refractivity contribution in [3.63, 3.8) is 0 Å². The highest BCUT2D eigenvalue weighted by molar-refractivity contribution is 8.13. The minimum absolute atomic E-state index is 0.0839. The van der Waals surface area contributed by atoms with Gasteiger partial charge in [-0.1, -0.05) is 35.5 Å². The smallest absolute Gasteiger partial charge is 0.277 e. The number of allylic oxidation sites excluding steroid dienone is 2. The molecule has 1 aliphatic carbocycles. The van der Waals surface area contributed by atoms with E-state index in [0.29, 0.717) is 10.9 Å². The summed E-state index contributed by atoms with van der Waals surface area (Å²) in [6.07, 6.45) is 10.7. The van der Waals surface area contributed by atoms with Crippen LogP contribution in [0.15, 0.2) is 41.3 Å². The number of amidine groups is 1. The second kappa shape index (κ2) is 6.94. The summed E-state index contributed by atoms with van der Waals surface area (Å²) in [5.41, 5.74) is 6.47. The van der Waals surface area contributed by atoms with Gasteiger partial charge in [0.25, 0.3) is 5.91 Å². The molecule has 0 bridgehead atoms. The summed E-state index contributed by atoms with van der Waals surface area (Å²) in [5, 5.41) is 3.55. The Balaban J connectivity index is 1.78. The van der Waals surface area contributed by atoms with Crippen molar-refractivity contribution in [2.24, 2.45) is 16.6 Å². The van der Waals surface area contributed by atoms with Crippen LogP contribution in [0.1, 0.15) is 30.3 Å². The van der Waals surface area contributed by atoms with Crippen molar-refractivity contribution >= 4 is 34.4 Å². The highest BCUT2D eigenvalue weighted by atomic mass is 35.5. The predicted octanol–water partition coefficient (Wildman–Crippen LogP) is 2.53. The first kappa shape index (κ1) is 17.0. The first-order valence-electron chi connectivity index (χ1n) is 7.62. The fourth-order valence-electron chi connectivity index (χ4n) is 2.83. The highest BCUT2D eigenvalue weighted by Gasteiger charge is 2.35. The summed E-state index contributed by atoms with van der Waals surface area (Å²) in [5.74, 6) is 0.753. The predicted molar refractivity (Wildman–Crippen MR) is 96.9 cm³/mol. The number of halogens is 1. The third-order valence-electron chi connectivity index (χ3n) is 4.22. The molecule has 126 valence electrons. The first-order valence-corrected chi connectivity index (χ1v) is 8.99. The van der Waals surface area contributed by atoms with Gasteiger partial charge in [0.2, 0.25) is 0 Å². The quantitative estimate of drug-likeness (QED) is 0.860. The Labute approximate surface area is 149 Å². The molecule has 2 heterocycles. The van der Waals surface area contributed by atoms with Crippen LogP contribution in [0, 0.1) is 5.92 Å². The van der Waals surface area contributed by atoms with Crippen LogP contribution in [0.5, 0.6) is 0 Å². The van der Waals surface area contributed by atoms with Crippen molar-refractivity contribution in [2.75, 3.05) is 5.75 Å². The van der Waals surface area contributed by atoms with E-state index in [1.54, 1.807) is 11.8 Å². The lowest BCUT2D eigenvalue weighted by Crippen LogP contribution is -2.38. The molecule has 1 unspecified atom stereocenters. The van der Waals surface area contributed by atoms with Gasteiger partial charge in [0.05, 0.1) is 5.54 Å². The van der Waals surface area contributed by atoms with Crippen LogP contribution >= 0.6 is 23.4 Å². The molecule has 1 aromatic rings. The molecule has 2 aliphatic rings. The minimum Gasteiger partial charge on any atom is -0.379 e. The van der Waals surface area contributed by atoms with E-state index < -0.39 is 0 Å². The number of amides is 1. The van der Waals surface area contributed by atoms with Gasteiger partial charge in [0, 0.05) is 29.8 Å². The summed E-state index contributed by atoms with van der Waals surface area (Å²) in [4.78, 5) is 24.8. The molecule has 3 rings (SSSR count). The van der Waals surface area contributed by atoms with E-state index in [0.717, 1.165) is 18.6 Å². The van der Waals surface area contributed by atoms with Gasteiger partial charge in [-0.3, -0.25) is 9.79 Å². The molecule has 0 radical (unpaired) electrons. The van der Waals surface area contributed by atoms with Gasteiger partial charge in [0.1, 0.15) is 0 Å². The number of carbonyl (C=O) groups is 1. The second-order valence-electron chi connectivity index (χ2n) is 5.92. The average Bonchev–Trinajstić information content (AvgIpc) is 2.55. The standard InChI is InChI=1S/C16H18ClN5OS/c1-16(5-8-24-15(18)22-16)10-3-2-4-11(9-10)21-14(23)12-13(17)20-7-6-19-12/h2,4,6-7,9-10H,3,5,8H2,1H3,(H2,18,22)(H,21,23)/t10?,16-/m0/s1. The van der Waals surface area contributed by atoms with Crippen LogP contribution in [0.3, 0.4) is 0 Å². The van der Waals surface area contributed by atoms with Crippen LogP contribution < -0.4 is 11.1 Å². The zero-order chi connectivity index (χ0) is 17.2. The molecule has 3 N–H and O–H groups in total. The number of aromatic nitrogens is 2. The van der Waals surface area contributed by atoms with Crippen molar-refractivity contribution < 1.29 is 4.79 Å². The lowest BCUT2D eigenvalue weighted by molar-refractivity contribution is 0.0961. The van der Waals surface area contributed by atoms with Gasteiger partial charge in [-0.25, -0.2) is 9.97 Å². The zero-order valence-electron chi connectivity index (χ0n) is 13.2. The molecular formula is C16H18ClN5OS. The summed E-state index contributed by atoms with van der Waals surface area (Å²) < 4.78 is 0. The van der Waals surface area contributed by atoms with E-state index in [1.807, 2.05) is 18.2 Å². The summed E-state index contributed by atoms with van der Waals surface area (Å²) >= 11 is 7.50. The Bertz CT molecular complexity index is 748. The molecule has 1 amide bonds. The molecule has 24 heavy (non-hydrogen) atoms. The molecule has 0 aromatic carbocycles. The fourth-order valence-corrected chi connectivity index (χ4v) is 4.02. The summed E-state index contributed by atoms with van der Waals surface area (Å²) in [7, 11) is 0. The maximum absolute atomic E-state index is 12.3. The van der Waals surface area contributed by atoms with Crippen molar-refractivity contribution in [1.29, 1.82) is 0 Å². The number of hydrogen-bond acceptors (Lipinski definition) is 6. The lowest BCUT2D eigenvalue weighted by atomic mass is 9.79. The monoisotopic (exact) mass is 363 g/mol. The Morgan fingerprint density at radius 2 is 2.25 bits per heavy atom. The number of carbonyl (C=O) groups excluding carboxylic acids is 1. The van der Waals surface area contributed by atoms with Crippen LogP contribution in [0.2, 0.25) is 5.15 Å². The van der Waals surface area contributed by atoms with Crippen LogP contribution in [-0.4, -0.2) is 32.3 Å². The number of aliphatic imine (C=N–C) groups is 1. The van der Waals surface area contributed by atoms with Crippen molar-refractivity contribution in [2.45, 2.75) is 25.3 Å². The van der Waals surface area contributed by atoms with Gasteiger partial charge in [-0.05, 0) is 25.8 Å². The van der Waals surface area contributed by atoms with Gasteiger partial charge < -0.3 is 11.1 Å². The van der Waals surface area contributed by atoms with Gasteiger partial charge in [0.15, 0.2) is 16.0 Å². The topological polar surface area (TPSA) is 93.3 Å². The van der Waals surface area contributed by atoms with Gasteiger partial charge >= 0.3 is 0 Å². The minimum atomic E-state index is -0.378. The molecule has 1 aromatic heterocycles. The van der Waals surface area contributed by atoms with Crippen LogP contribution in [0.4, 0.5) is 0 Å². The third-order valence-corrected chi connectivity index (χ3v) is 5.29. The Morgan fingerprint density at radius 1 is 1.46 bits per heavy atom. The maximum Gasteiger partial charge on any atom is 0.277 e. The van der Waals surface area contributed by atoms with Gasteiger partial charge in [-0.15, -0.1) is 0 Å². The summed E-state index contributed by atoms with van der Waals surface area (Å²) in [6, 6.07) is 0. The first-order chi connectivity index (χ1) is 11.5. The maximum atomic E-state index is 12.3. The number of nitrogens with one attached hydrogen (secondary N) is 1. The second-order valence-corrected chi connectivity index (χ2v) is 7.40. The third kappa shape index (κ3) is 3.62. The van der Waals surface area contributed by atoms with E-state index in [2.05, 4.69) is 27.2 Å². The average molecular weight is 364 g/mol. The molecule has 0 spiro atoms. The highest BCUT2D eigenvalue weighted by Crippen LogP contribution is 2.37. The SMILES string of the molecule is C[C@@]1(C2C=C(NC(=O)c3nccnc3Cl)C=CC2)CCSC(N)=N1. The number of nitrogens with two attached hydrogens (primary N) is 1. The lowest BCUT2D eigenvalue weighted by Gasteiger charge is -2.36. The van der Waals surface area contributed by atoms with E-state index in [9.17, 15) is 4.79 Å². The molecule has 2 atom stereocenters. The van der Waals surface area contributed by atoms with Crippen LogP contribution in [-0.2, 0) is 0 Å². The number of nitrogens with zero attached hydrogens (tertiary/aromatic N) is 3. The van der Waals surface area contributed by atoms with E-state index >= 15 is 0 Å². The van der Waals surface area contributed by atoms with E-state index in [1.165, 1.54) is 12.4 Å². The molecule has 0 saturated heterocycles. The van der Waals surface area contributed by atoms with Crippen LogP contribution in [0.25, 0.3) is 0 Å². The molecule has 6 nitrogen and oxygen atoms in total. The zero-order valence-corrected chi connectivity index (χ0v) is 14.8. The normalized spacial score (nSPS) is 26.5. The van der Waals surface area contributed by atoms with Crippen molar-refractivity contribution in [3.8, 4) is 0 Å². The Kier molecular flexibility index (Phi) is 4.91. The van der Waals surface area contributed by atoms with E-state index in [-0.39, 0.29) is 28.2 Å². The largest absolute Gasteiger partial charge is 0.379 e.